The topological polar surface area (TPSA) is 20.2 Å². The lowest BCUT2D eigenvalue weighted by Crippen LogP contribution is -2.06. The average molecular weight is 352 g/mol. The molecule has 0 saturated heterocycles. The molecule has 0 heterocycles. The molecule has 6 heteroatoms. The first-order chi connectivity index (χ1) is 8.90. The van der Waals surface area contributed by atoms with Crippen LogP contribution in [0.4, 0.5) is 13.2 Å². The molecule has 0 aliphatic heterocycles. The Kier molecular flexibility index (Phi) is 4.18. The molecule has 0 bridgehead atoms. The van der Waals surface area contributed by atoms with Crippen LogP contribution in [-0.4, -0.2) is 5.11 Å². The van der Waals surface area contributed by atoms with E-state index in [1.165, 1.54) is 12.1 Å². The van der Waals surface area contributed by atoms with E-state index < -0.39 is 23.6 Å². The predicted molar refractivity (Wildman–Crippen MR) is 69.5 cm³/mol. The molecule has 1 unspecified atom stereocenters. The summed E-state index contributed by atoms with van der Waals surface area (Å²) in [7, 11) is 0. The molecule has 1 nitrogen and oxygen atoms in total. The van der Waals surface area contributed by atoms with Gasteiger partial charge in [0.1, 0.15) is 23.6 Å². The number of aliphatic hydroxyl groups excluding tert-OH is 1. The lowest BCUT2D eigenvalue weighted by Gasteiger charge is -2.14. The van der Waals surface area contributed by atoms with Crippen molar-refractivity contribution in [1.29, 1.82) is 0 Å². The van der Waals surface area contributed by atoms with Crippen LogP contribution in [0.1, 0.15) is 17.2 Å². The van der Waals surface area contributed by atoms with Crippen molar-refractivity contribution in [3.63, 3.8) is 0 Å². The van der Waals surface area contributed by atoms with Crippen LogP contribution in [0.15, 0.2) is 34.8 Å². The van der Waals surface area contributed by atoms with Crippen molar-refractivity contribution in [1.82, 2.24) is 0 Å². The largest absolute Gasteiger partial charge is 0.383 e. The third-order valence-electron chi connectivity index (χ3n) is 2.59. The predicted octanol–water partition coefficient (Wildman–Crippen LogP) is 4.60. The number of rotatable bonds is 2. The summed E-state index contributed by atoms with van der Waals surface area (Å²) in [4.78, 5) is 0. The summed E-state index contributed by atoms with van der Waals surface area (Å²) >= 11 is 8.40. The summed E-state index contributed by atoms with van der Waals surface area (Å²) in [6, 6.07) is 5.27. The summed E-state index contributed by atoms with van der Waals surface area (Å²) in [6.45, 7) is 0. The van der Waals surface area contributed by atoms with Crippen LogP contribution in [0.3, 0.4) is 0 Å². The number of hydrogen-bond acceptors (Lipinski definition) is 1. The maximum atomic E-state index is 13.7. The fourth-order valence-corrected chi connectivity index (χ4v) is 2.11. The Bertz CT molecular complexity index is 634. The number of hydrogen-bond donors (Lipinski definition) is 1. The fraction of sp³-hybridized carbons (Fsp3) is 0.0769. The van der Waals surface area contributed by atoms with E-state index >= 15 is 0 Å². The summed E-state index contributed by atoms with van der Waals surface area (Å²) in [6.07, 6.45) is -1.61. The Morgan fingerprint density at radius 2 is 1.58 bits per heavy atom. The summed E-state index contributed by atoms with van der Waals surface area (Å²) < 4.78 is 40.6. The Hall–Kier alpha value is -1.04. The van der Waals surface area contributed by atoms with Gasteiger partial charge in [0.15, 0.2) is 0 Å². The first kappa shape index (κ1) is 14.4. The zero-order valence-electron chi connectivity index (χ0n) is 9.30. The average Bonchev–Trinajstić information content (AvgIpc) is 2.33. The van der Waals surface area contributed by atoms with Gasteiger partial charge in [-0.05, 0) is 40.2 Å². The summed E-state index contributed by atoms with van der Waals surface area (Å²) in [5, 5.41) is 10.1. The molecular formula is C13H7BrClF3O. The second kappa shape index (κ2) is 5.53. The molecule has 0 amide bonds. The van der Waals surface area contributed by atoms with Gasteiger partial charge >= 0.3 is 0 Å². The second-order valence-corrected chi connectivity index (χ2v) is 5.15. The van der Waals surface area contributed by atoms with Crippen LogP contribution in [-0.2, 0) is 0 Å². The zero-order valence-corrected chi connectivity index (χ0v) is 11.6. The quantitative estimate of drug-likeness (QED) is 0.784. The van der Waals surface area contributed by atoms with Crippen LogP contribution < -0.4 is 0 Å². The van der Waals surface area contributed by atoms with Crippen molar-refractivity contribution in [2.45, 2.75) is 6.10 Å². The normalized spacial score (nSPS) is 12.5. The maximum absolute atomic E-state index is 13.7. The van der Waals surface area contributed by atoms with E-state index in [1.54, 1.807) is 0 Å². The van der Waals surface area contributed by atoms with Crippen LogP contribution in [0, 0.1) is 17.5 Å². The molecule has 0 aliphatic rings. The van der Waals surface area contributed by atoms with Crippen LogP contribution >= 0.6 is 27.5 Å². The van der Waals surface area contributed by atoms with Gasteiger partial charge in [-0.3, -0.25) is 0 Å². The second-order valence-electron chi connectivity index (χ2n) is 3.86. The molecule has 100 valence electrons. The minimum absolute atomic E-state index is 0.0717. The van der Waals surface area contributed by atoms with E-state index in [2.05, 4.69) is 15.9 Å². The van der Waals surface area contributed by atoms with Gasteiger partial charge in [0, 0.05) is 16.1 Å². The van der Waals surface area contributed by atoms with Crippen molar-refractivity contribution >= 4 is 27.5 Å². The molecule has 2 aromatic rings. The SMILES string of the molecule is OC(c1ccc(Cl)cc1F)c1cc(F)c(Br)cc1F. The van der Waals surface area contributed by atoms with Gasteiger partial charge < -0.3 is 5.11 Å². The standard InChI is InChI=1S/C13H7BrClF3O/c14-9-5-11(17)8(4-12(9)18)13(19)7-2-1-6(15)3-10(7)16/h1-5,13,19H. The van der Waals surface area contributed by atoms with Gasteiger partial charge in [0.2, 0.25) is 0 Å². The highest BCUT2D eigenvalue weighted by Gasteiger charge is 2.20. The third kappa shape index (κ3) is 2.94. The Morgan fingerprint density at radius 3 is 2.21 bits per heavy atom. The van der Waals surface area contributed by atoms with Crippen molar-refractivity contribution in [2.24, 2.45) is 0 Å². The van der Waals surface area contributed by atoms with Crippen molar-refractivity contribution in [3.8, 4) is 0 Å². The minimum atomic E-state index is -1.61. The molecule has 0 radical (unpaired) electrons. The van der Waals surface area contributed by atoms with E-state index in [4.69, 9.17) is 11.6 Å². The van der Waals surface area contributed by atoms with Gasteiger partial charge in [-0.2, -0.15) is 0 Å². The molecule has 0 aromatic heterocycles. The molecule has 0 aliphatic carbocycles. The van der Waals surface area contributed by atoms with Gasteiger partial charge in [-0.1, -0.05) is 17.7 Å². The molecule has 1 atom stereocenters. The number of benzene rings is 2. The monoisotopic (exact) mass is 350 g/mol. The smallest absolute Gasteiger partial charge is 0.137 e. The maximum Gasteiger partial charge on any atom is 0.137 e. The Balaban J connectivity index is 2.49. The van der Waals surface area contributed by atoms with E-state index in [0.29, 0.717) is 0 Å². The first-order valence-electron chi connectivity index (χ1n) is 5.17. The number of halogens is 5. The highest BCUT2D eigenvalue weighted by atomic mass is 79.9. The van der Waals surface area contributed by atoms with Gasteiger partial charge in [0.25, 0.3) is 0 Å². The van der Waals surface area contributed by atoms with E-state index in [0.717, 1.165) is 18.2 Å². The van der Waals surface area contributed by atoms with Crippen LogP contribution in [0.25, 0.3) is 0 Å². The highest BCUT2D eigenvalue weighted by molar-refractivity contribution is 9.10. The van der Waals surface area contributed by atoms with Crippen LogP contribution in [0.2, 0.25) is 5.02 Å². The zero-order chi connectivity index (χ0) is 14.2. The van der Waals surface area contributed by atoms with Gasteiger partial charge in [-0.25, -0.2) is 13.2 Å². The molecule has 2 aromatic carbocycles. The fourth-order valence-electron chi connectivity index (χ4n) is 1.64. The molecule has 1 N–H and O–H groups in total. The van der Waals surface area contributed by atoms with Crippen molar-refractivity contribution in [2.75, 3.05) is 0 Å². The van der Waals surface area contributed by atoms with Crippen molar-refractivity contribution < 1.29 is 18.3 Å². The molecule has 0 saturated carbocycles. The van der Waals surface area contributed by atoms with E-state index in [-0.39, 0.29) is 20.6 Å². The first-order valence-corrected chi connectivity index (χ1v) is 6.34. The summed E-state index contributed by atoms with van der Waals surface area (Å²) in [5.41, 5.74) is -0.521. The lowest BCUT2D eigenvalue weighted by molar-refractivity contribution is 0.209. The molecular weight excluding hydrogens is 344 g/mol. The van der Waals surface area contributed by atoms with Crippen LogP contribution in [0.5, 0.6) is 0 Å². The lowest BCUT2D eigenvalue weighted by atomic mass is 10.0. The molecule has 2 rings (SSSR count). The molecule has 0 fully saturated rings. The van der Waals surface area contributed by atoms with E-state index in [1.807, 2.05) is 0 Å². The minimum Gasteiger partial charge on any atom is -0.383 e. The molecule has 19 heavy (non-hydrogen) atoms. The van der Waals surface area contributed by atoms with Gasteiger partial charge in [0.05, 0.1) is 4.47 Å². The third-order valence-corrected chi connectivity index (χ3v) is 3.43. The van der Waals surface area contributed by atoms with Gasteiger partial charge in [-0.15, -0.1) is 0 Å². The Labute approximate surface area is 120 Å². The van der Waals surface area contributed by atoms with Crippen molar-refractivity contribution in [3.05, 3.63) is 68.4 Å². The number of aliphatic hydroxyl groups is 1. The van der Waals surface area contributed by atoms with E-state index in [9.17, 15) is 18.3 Å². The highest BCUT2D eigenvalue weighted by Crippen LogP contribution is 2.30. The Morgan fingerprint density at radius 1 is 0.947 bits per heavy atom. The summed E-state index contributed by atoms with van der Waals surface area (Å²) in [5.74, 6) is -2.37. The molecule has 0 spiro atoms.